The average molecular weight is 389 g/mol. The van der Waals surface area contributed by atoms with Crippen molar-refractivity contribution < 1.29 is 14.3 Å². The lowest BCUT2D eigenvalue weighted by Crippen LogP contribution is -2.42. The van der Waals surface area contributed by atoms with Gasteiger partial charge in [0.1, 0.15) is 12.3 Å². The maximum atomic E-state index is 12.9. The lowest BCUT2D eigenvalue weighted by atomic mass is 10.1. The molecule has 2 rings (SSSR count). The van der Waals surface area contributed by atoms with E-state index in [4.69, 9.17) is 16.3 Å². The first kappa shape index (κ1) is 20.8. The number of amides is 2. The number of halogens is 1. The molecule has 144 valence electrons. The number of aryl methyl sites for hydroxylation is 1. The van der Waals surface area contributed by atoms with Crippen LogP contribution in [0.1, 0.15) is 25.0 Å². The maximum absolute atomic E-state index is 12.9. The molecule has 0 bridgehead atoms. The minimum atomic E-state index is -0.237. The SMILES string of the molecule is CCN(Cc1ccccc1)C(=O)CN(C(C)=O)c1cc(C)c(Cl)cc1OC. The zero-order valence-electron chi connectivity index (χ0n) is 16.2. The first-order valence-corrected chi connectivity index (χ1v) is 9.19. The van der Waals surface area contributed by atoms with Gasteiger partial charge in [0.25, 0.3) is 0 Å². The normalized spacial score (nSPS) is 10.4. The highest BCUT2D eigenvalue weighted by atomic mass is 35.5. The highest BCUT2D eigenvalue weighted by molar-refractivity contribution is 6.31. The first-order chi connectivity index (χ1) is 12.9. The summed E-state index contributed by atoms with van der Waals surface area (Å²) in [6.45, 7) is 6.19. The van der Waals surface area contributed by atoms with E-state index in [-0.39, 0.29) is 18.4 Å². The third kappa shape index (κ3) is 5.23. The van der Waals surface area contributed by atoms with Gasteiger partial charge in [-0.15, -0.1) is 0 Å². The molecule has 0 spiro atoms. The molecule has 0 aliphatic heterocycles. The summed E-state index contributed by atoms with van der Waals surface area (Å²) < 4.78 is 5.37. The topological polar surface area (TPSA) is 49.9 Å². The molecule has 0 N–H and O–H groups in total. The van der Waals surface area contributed by atoms with Gasteiger partial charge in [0.2, 0.25) is 11.8 Å². The molecule has 2 aromatic rings. The van der Waals surface area contributed by atoms with Crippen LogP contribution in [-0.4, -0.2) is 36.9 Å². The molecular weight excluding hydrogens is 364 g/mol. The molecule has 0 saturated heterocycles. The second-order valence-corrected chi connectivity index (χ2v) is 6.68. The van der Waals surface area contributed by atoms with Crippen LogP contribution in [0, 0.1) is 6.92 Å². The van der Waals surface area contributed by atoms with E-state index in [1.54, 1.807) is 17.0 Å². The molecule has 5 nitrogen and oxygen atoms in total. The Hall–Kier alpha value is -2.53. The molecule has 0 saturated carbocycles. The van der Waals surface area contributed by atoms with Gasteiger partial charge in [-0.25, -0.2) is 0 Å². The van der Waals surface area contributed by atoms with Crippen molar-refractivity contribution in [2.75, 3.05) is 25.1 Å². The van der Waals surface area contributed by atoms with Crippen LogP contribution in [0.15, 0.2) is 42.5 Å². The Balaban J connectivity index is 2.26. The highest BCUT2D eigenvalue weighted by Gasteiger charge is 2.23. The monoisotopic (exact) mass is 388 g/mol. The Morgan fingerprint density at radius 1 is 1.15 bits per heavy atom. The molecule has 0 heterocycles. The molecule has 0 aliphatic rings. The smallest absolute Gasteiger partial charge is 0.242 e. The van der Waals surface area contributed by atoms with Crippen LogP contribution < -0.4 is 9.64 Å². The Labute approximate surface area is 165 Å². The van der Waals surface area contributed by atoms with Crippen LogP contribution in [0.25, 0.3) is 0 Å². The van der Waals surface area contributed by atoms with Gasteiger partial charge in [0.15, 0.2) is 0 Å². The first-order valence-electron chi connectivity index (χ1n) is 8.81. The summed E-state index contributed by atoms with van der Waals surface area (Å²) in [6.07, 6.45) is 0. The van der Waals surface area contributed by atoms with Crippen molar-refractivity contribution in [2.45, 2.75) is 27.3 Å². The van der Waals surface area contributed by atoms with Gasteiger partial charge in [0.05, 0.1) is 12.8 Å². The molecule has 6 heteroatoms. The molecular formula is C21H25ClN2O3. The minimum absolute atomic E-state index is 0.0621. The van der Waals surface area contributed by atoms with Crippen molar-refractivity contribution >= 4 is 29.1 Å². The maximum Gasteiger partial charge on any atom is 0.242 e. The van der Waals surface area contributed by atoms with E-state index < -0.39 is 0 Å². The number of benzene rings is 2. The van der Waals surface area contributed by atoms with Crippen LogP contribution in [0.5, 0.6) is 5.75 Å². The summed E-state index contributed by atoms with van der Waals surface area (Å²) in [4.78, 5) is 28.3. The number of hydrogen-bond acceptors (Lipinski definition) is 3. The lowest BCUT2D eigenvalue weighted by molar-refractivity contribution is -0.131. The summed E-state index contributed by atoms with van der Waals surface area (Å²) in [6, 6.07) is 13.2. The Bertz CT molecular complexity index is 809. The van der Waals surface area contributed by atoms with E-state index in [2.05, 4.69) is 0 Å². The lowest BCUT2D eigenvalue weighted by Gasteiger charge is -2.27. The van der Waals surface area contributed by atoms with Crippen LogP contribution in [0.2, 0.25) is 5.02 Å². The van der Waals surface area contributed by atoms with Gasteiger partial charge in [-0.1, -0.05) is 41.9 Å². The molecule has 2 amide bonds. The zero-order chi connectivity index (χ0) is 20.0. The summed E-state index contributed by atoms with van der Waals surface area (Å²) in [5.41, 5.74) is 2.39. The van der Waals surface area contributed by atoms with Gasteiger partial charge in [0, 0.05) is 31.1 Å². The molecule has 0 aliphatic carbocycles. The fraction of sp³-hybridized carbons (Fsp3) is 0.333. The van der Waals surface area contributed by atoms with Crippen molar-refractivity contribution in [3.63, 3.8) is 0 Å². The summed E-state index contributed by atoms with van der Waals surface area (Å²) in [5.74, 6) is 0.0880. The summed E-state index contributed by atoms with van der Waals surface area (Å²) in [5, 5.41) is 0.546. The Morgan fingerprint density at radius 2 is 1.81 bits per heavy atom. The fourth-order valence-corrected chi connectivity index (χ4v) is 2.96. The van der Waals surface area contributed by atoms with E-state index >= 15 is 0 Å². The second-order valence-electron chi connectivity index (χ2n) is 6.27. The second kappa shape index (κ2) is 9.42. The van der Waals surface area contributed by atoms with Gasteiger partial charge in [-0.3, -0.25) is 14.5 Å². The number of anilines is 1. The van der Waals surface area contributed by atoms with Crippen LogP contribution in [-0.2, 0) is 16.1 Å². The predicted molar refractivity (Wildman–Crippen MR) is 108 cm³/mol. The van der Waals surface area contributed by atoms with Crippen LogP contribution in [0.4, 0.5) is 5.69 Å². The van der Waals surface area contributed by atoms with Crippen molar-refractivity contribution in [1.82, 2.24) is 4.90 Å². The quantitative estimate of drug-likeness (QED) is 0.718. The summed E-state index contributed by atoms with van der Waals surface area (Å²) >= 11 is 6.16. The molecule has 0 aromatic heterocycles. The number of carbonyl (C=O) groups is 2. The molecule has 2 aromatic carbocycles. The van der Waals surface area contributed by atoms with Gasteiger partial charge < -0.3 is 9.64 Å². The van der Waals surface area contributed by atoms with E-state index in [1.807, 2.05) is 44.2 Å². The van der Waals surface area contributed by atoms with E-state index in [1.165, 1.54) is 18.9 Å². The van der Waals surface area contributed by atoms with Crippen molar-refractivity contribution in [3.8, 4) is 5.75 Å². The van der Waals surface area contributed by atoms with Gasteiger partial charge >= 0.3 is 0 Å². The van der Waals surface area contributed by atoms with Crippen LogP contribution >= 0.6 is 11.6 Å². The third-order valence-corrected chi connectivity index (χ3v) is 4.78. The predicted octanol–water partition coefficient (Wildman–Crippen LogP) is 4.06. The molecule has 0 fully saturated rings. The number of ether oxygens (including phenoxy) is 1. The molecule has 0 unspecified atom stereocenters. The summed E-state index contributed by atoms with van der Waals surface area (Å²) in [7, 11) is 1.51. The largest absolute Gasteiger partial charge is 0.495 e. The highest BCUT2D eigenvalue weighted by Crippen LogP contribution is 2.34. The van der Waals surface area contributed by atoms with Gasteiger partial charge in [-0.2, -0.15) is 0 Å². The Morgan fingerprint density at radius 3 is 2.37 bits per heavy atom. The number of carbonyl (C=O) groups excluding carboxylic acids is 2. The molecule has 0 atom stereocenters. The van der Waals surface area contributed by atoms with E-state index in [9.17, 15) is 9.59 Å². The third-order valence-electron chi connectivity index (χ3n) is 4.38. The minimum Gasteiger partial charge on any atom is -0.495 e. The van der Waals surface area contributed by atoms with E-state index in [0.717, 1.165) is 11.1 Å². The average Bonchev–Trinajstić information content (AvgIpc) is 2.66. The molecule has 27 heavy (non-hydrogen) atoms. The number of methoxy groups -OCH3 is 1. The number of rotatable bonds is 7. The zero-order valence-corrected chi connectivity index (χ0v) is 16.9. The standard InChI is InChI=1S/C21H25ClN2O3/c1-5-23(13-17-9-7-6-8-10-17)21(26)14-24(16(3)25)19-11-15(2)18(22)12-20(19)27-4/h6-12H,5,13-14H2,1-4H3. The van der Waals surface area contributed by atoms with Crippen molar-refractivity contribution in [2.24, 2.45) is 0 Å². The van der Waals surface area contributed by atoms with E-state index in [0.29, 0.717) is 29.5 Å². The Kier molecular flexibility index (Phi) is 7.25. The number of nitrogens with zero attached hydrogens (tertiary/aromatic N) is 2. The van der Waals surface area contributed by atoms with Crippen LogP contribution in [0.3, 0.4) is 0 Å². The number of hydrogen-bond donors (Lipinski definition) is 0. The van der Waals surface area contributed by atoms with Gasteiger partial charge in [-0.05, 0) is 31.0 Å². The number of likely N-dealkylation sites (N-methyl/N-ethyl adjacent to an activating group) is 1. The van der Waals surface area contributed by atoms with Crippen molar-refractivity contribution in [1.29, 1.82) is 0 Å². The fourth-order valence-electron chi connectivity index (χ4n) is 2.80. The molecule has 0 radical (unpaired) electrons. The van der Waals surface area contributed by atoms with Crippen molar-refractivity contribution in [3.05, 3.63) is 58.6 Å².